The average Bonchev–Trinajstić information content (AvgIpc) is 2.73. The molecule has 154 valence electrons. The van der Waals surface area contributed by atoms with Gasteiger partial charge < -0.3 is 16.0 Å². The van der Waals surface area contributed by atoms with Crippen molar-refractivity contribution in [2.45, 2.75) is 40.0 Å². The van der Waals surface area contributed by atoms with Gasteiger partial charge in [0, 0.05) is 23.7 Å². The van der Waals surface area contributed by atoms with Crippen LogP contribution < -0.4 is 16.0 Å². The Bertz CT molecular complexity index is 860. The molecule has 0 atom stereocenters. The van der Waals surface area contributed by atoms with Crippen LogP contribution in [0.4, 0.5) is 11.4 Å². The Balaban J connectivity index is 2.14. The number of rotatable bonds is 9. The lowest BCUT2D eigenvalue weighted by atomic mass is 10.0. The summed E-state index contributed by atoms with van der Waals surface area (Å²) in [4.78, 5) is 37.4. The maximum Gasteiger partial charge on any atom is 0.255 e. The Kier molecular flexibility index (Phi) is 8.40. The van der Waals surface area contributed by atoms with Gasteiger partial charge in [0.1, 0.15) is 0 Å². The molecule has 0 saturated carbocycles. The number of para-hydroxylation sites is 1. The summed E-state index contributed by atoms with van der Waals surface area (Å²) in [7, 11) is 0. The second kappa shape index (κ2) is 11.0. The third-order valence-corrected chi connectivity index (χ3v) is 4.70. The molecule has 29 heavy (non-hydrogen) atoms. The van der Waals surface area contributed by atoms with Crippen molar-refractivity contribution in [2.24, 2.45) is 5.92 Å². The highest BCUT2D eigenvalue weighted by atomic mass is 16.2. The summed E-state index contributed by atoms with van der Waals surface area (Å²) in [6.07, 6.45) is 2.36. The van der Waals surface area contributed by atoms with E-state index in [1.54, 1.807) is 48.5 Å². The Hall–Kier alpha value is -3.15. The number of benzene rings is 2. The highest BCUT2D eigenvalue weighted by Crippen LogP contribution is 2.19. The van der Waals surface area contributed by atoms with Gasteiger partial charge in [0.15, 0.2) is 0 Å². The van der Waals surface area contributed by atoms with Crippen molar-refractivity contribution >= 4 is 29.1 Å². The molecule has 2 aromatic rings. The fourth-order valence-electron chi connectivity index (χ4n) is 2.96. The number of anilines is 2. The van der Waals surface area contributed by atoms with E-state index in [1.807, 2.05) is 20.8 Å². The van der Waals surface area contributed by atoms with Gasteiger partial charge >= 0.3 is 0 Å². The lowest BCUT2D eigenvalue weighted by molar-refractivity contribution is -0.120. The second-order valence-corrected chi connectivity index (χ2v) is 6.84. The fourth-order valence-corrected chi connectivity index (χ4v) is 2.96. The first-order valence-electron chi connectivity index (χ1n) is 10.1. The van der Waals surface area contributed by atoms with E-state index in [-0.39, 0.29) is 23.6 Å². The van der Waals surface area contributed by atoms with E-state index in [0.717, 1.165) is 19.3 Å². The van der Waals surface area contributed by atoms with Crippen molar-refractivity contribution in [1.82, 2.24) is 5.32 Å². The lowest BCUT2D eigenvalue weighted by Crippen LogP contribution is -2.26. The number of hydrogen-bond donors (Lipinski definition) is 3. The Labute approximate surface area is 172 Å². The van der Waals surface area contributed by atoms with Crippen LogP contribution in [0.5, 0.6) is 0 Å². The molecule has 0 spiro atoms. The van der Waals surface area contributed by atoms with Crippen molar-refractivity contribution in [1.29, 1.82) is 0 Å². The molecule has 6 nitrogen and oxygen atoms in total. The molecule has 2 aromatic carbocycles. The Morgan fingerprint density at radius 3 is 2.28 bits per heavy atom. The molecule has 2 rings (SSSR count). The molecule has 3 N–H and O–H groups in total. The van der Waals surface area contributed by atoms with Crippen molar-refractivity contribution in [2.75, 3.05) is 17.2 Å². The monoisotopic (exact) mass is 395 g/mol. The summed E-state index contributed by atoms with van der Waals surface area (Å²) in [6, 6.07) is 13.7. The molecule has 0 aliphatic heterocycles. The molecule has 0 bridgehead atoms. The predicted molar refractivity (Wildman–Crippen MR) is 116 cm³/mol. The molecule has 0 saturated heterocycles. The molecule has 0 aromatic heterocycles. The predicted octanol–water partition coefficient (Wildman–Crippen LogP) is 4.45. The van der Waals surface area contributed by atoms with Gasteiger partial charge in [-0.2, -0.15) is 0 Å². The maximum atomic E-state index is 12.7. The van der Waals surface area contributed by atoms with Crippen LogP contribution in [0.15, 0.2) is 48.5 Å². The number of nitrogens with one attached hydrogen (secondary N) is 3. The molecular weight excluding hydrogens is 366 g/mol. The first-order valence-corrected chi connectivity index (χ1v) is 10.1. The number of amides is 3. The summed E-state index contributed by atoms with van der Waals surface area (Å²) in [5, 5.41) is 8.49. The molecule has 0 fully saturated rings. The van der Waals surface area contributed by atoms with Crippen molar-refractivity contribution in [3.63, 3.8) is 0 Å². The molecule has 0 heterocycles. The van der Waals surface area contributed by atoms with Gasteiger partial charge in [-0.05, 0) is 49.6 Å². The summed E-state index contributed by atoms with van der Waals surface area (Å²) in [5.74, 6) is -0.681. The highest BCUT2D eigenvalue weighted by molar-refractivity contribution is 6.09. The molecule has 0 aliphatic carbocycles. The van der Waals surface area contributed by atoms with Gasteiger partial charge in [-0.15, -0.1) is 0 Å². The van der Waals surface area contributed by atoms with Crippen molar-refractivity contribution in [3.05, 3.63) is 59.7 Å². The third kappa shape index (κ3) is 6.17. The van der Waals surface area contributed by atoms with Gasteiger partial charge in [-0.25, -0.2) is 0 Å². The zero-order valence-corrected chi connectivity index (χ0v) is 17.2. The molecule has 0 aliphatic rings. The minimum atomic E-state index is -0.348. The van der Waals surface area contributed by atoms with Gasteiger partial charge in [0.2, 0.25) is 5.91 Å². The van der Waals surface area contributed by atoms with Crippen LogP contribution in [-0.2, 0) is 4.79 Å². The zero-order valence-electron chi connectivity index (χ0n) is 17.2. The van der Waals surface area contributed by atoms with Crippen molar-refractivity contribution < 1.29 is 14.4 Å². The van der Waals surface area contributed by atoms with E-state index >= 15 is 0 Å². The largest absolute Gasteiger partial charge is 0.352 e. The Morgan fingerprint density at radius 2 is 1.59 bits per heavy atom. The van der Waals surface area contributed by atoms with E-state index in [1.165, 1.54) is 0 Å². The van der Waals surface area contributed by atoms with E-state index in [2.05, 4.69) is 16.0 Å². The van der Waals surface area contributed by atoms with Crippen LogP contribution in [0.3, 0.4) is 0 Å². The highest BCUT2D eigenvalue weighted by Gasteiger charge is 2.16. The molecule has 0 unspecified atom stereocenters. The molecule has 0 radical (unpaired) electrons. The summed E-state index contributed by atoms with van der Waals surface area (Å²) >= 11 is 0. The molecular formula is C23H29N3O3. The van der Waals surface area contributed by atoms with Crippen LogP contribution in [-0.4, -0.2) is 24.3 Å². The third-order valence-electron chi connectivity index (χ3n) is 4.70. The van der Waals surface area contributed by atoms with Gasteiger partial charge in [-0.3, -0.25) is 14.4 Å². The van der Waals surface area contributed by atoms with E-state index in [4.69, 9.17) is 0 Å². The first-order chi connectivity index (χ1) is 14.0. The SMILES string of the molecule is CCCNC(=O)c1ccccc1NC(=O)c1cccc(NC(=O)C(CC)CC)c1. The maximum absolute atomic E-state index is 12.7. The number of hydrogen-bond acceptors (Lipinski definition) is 3. The van der Waals surface area contributed by atoms with Gasteiger partial charge in [0.25, 0.3) is 11.8 Å². The minimum Gasteiger partial charge on any atom is -0.352 e. The first kappa shape index (κ1) is 22.1. The van der Waals surface area contributed by atoms with Crippen LogP contribution >= 0.6 is 0 Å². The topological polar surface area (TPSA) is 87.3 Å². The quantitative estimate of drug-likeness (QED) is 0.586. The lowest BCUT2D eigenvalue weighted by Gasteiger charge is -2.14. The smallest absolute Gasteiger partial charge is 0.255 e. The van der Waals surface area contributed by atoms with Gasteiger partial charge in [-0.1, -0.05) is 39.0 Å². The van der Waals surface area contributed by atoms with E-state index in [0.29, 0.717) is 29.0 Å². The van der Waals surface area contributed by atoms with Crippen LogP contribution in [0.25, 0.3) is 0 Å². The number of carbonyl (C=O) groups excluding carboxylic acids is 3. The normalized spacial score (nSPS) is 10.5. The minimum absolute atomic E-state index is 0.0505. The summed E-state index contributed by atoms with van der Waals surface area (Å²) in [6.45, 7) is 6.50. The van der Waals surface area contributed by atoms with E-state index < -0.39 is 0 Å². The van der Waals surface area contributed by atoms with Crippen molar-refractivity contribution in [3.8, 4) is 0 Å². The zero-order chi connectivity index (χ0) is 21.2. The summed E-state index contributed by atoms with van der Waals surface area (Å²) in [5.41, 5.74) is 1.82. The number of carbonyl (C=O) groups is 3. The van der Waals surface area contributed by atoms with Crippen LogP contribution in [0, 0.1) is 5.92 Å². The summed E-state index contributed by atoms with van der Waals surface area (Å²) < 4.78 is 0. The van der Waals surface area contributed by atoms with Gasteiger partial charge in [0.05, 0.1) is 11.3 Å². The van der Waals surface area contributed by atoms with E-state index in [9.17, 15) is 14.4 Å². The molecule has 6 heteroatoms. The standard InChI is InChI=1S/C23H29N3O3/c1-4-14-24-23(29)19-12-7-8-13-20(19)26-22(28)17-10-9-11-18(15-17)25-21(27)16(5-2)6-3/h7-13,15-16H,4-6,14H2,1-3H3,(H,24,29)(H,25,27)(H,26,28). The fraction of sp³-hybridized carbons (Fsp3) is 0.348. The molecule has 3 amide bonds. The Morgan fingerprint density at radius 1 is 0.862 bits per heavy atom. The van der Waals surface area contributed by atoms with Crippen LogP contribution in [0.1, 0.15) is 60.7 Å². The van der Waals surface area contributed by atoms with Crippen LogP contribution in [0.2, 0.25) is 0 Å². The average molecular weight is 396 g/mol. The second-order valence-electron chi connectivity index (χ2n) is 6.84.